The summed E-state index contributed by atoms with van der Waals surface area (Å²) in [5, 5.41) is 18.5. The Morgan fingerprint density at radius 2 is 2.28 bits per heavy atom. The summed E-state index contributed by atoms with van der Waals surface area (Å²) in [5.41, 5.74) is 1.49. The van der Waals surface area contributed by atoms with Gasteiger partial charge in [0, 0.05) is 19.1 Å². The van der Waals surface area contributed by atoms with Gasteiger partial charge in [-0.2, -0.15) is 0 Å². The van der Waals surface area contributed by atoms with Crippen LogP contribution < -0.4 is 0 Å². The fraction of sp³-hybridized carbons (Fsp3) is 0.462. The second-order valence-corrected chi connectivity index (χ2v) is 4.65. The van der Waals surface area contributed by atoms with Crippen LogP contribution in [0.2, 0.25) is 0 Å². The van der Waals surface area contributed by atoms with Gasteiger partial charge in [0.1, 0.15) is 5.82 Å². The molecule has 2 N–H and O–H groups in total. The lowest BCUT2D eigenvalue weighted by molar-refractivity contribution is 0.124. The van der Waals surface area contributed by atoms with Crippen molar-refractivity contribution in [3.8, 4) is 0 Å². The molecule has 0 aliphatic carbocycles. The van der Waals surface area contributed by atoms with E-state index in [1.54, 1.807) is 13.0 Å². The molecule has 1 aliphatic heterocycles. The smallest absolute Gasteiger partial charge is 0.407 e. The molecule has 1 saturated heterocycles. The van der Waals surface area contributed by atoms with E-state index < -0.39 is 6.09 Å². The third kappa shape index (κ3) is 2.18. The van der Waals surface area contributed by atoms with Gasteiger partial charge in [0.05, 0.1) is 6.04 Å². The van der Waals surface area contributed by atoms with Gasteiger partial charge in [-0.05, 0) is 36.6 Å². The van der Waals surface area contributed by atoms with Crippen LogP contribution in [0.1, 0.15) is 23.6 Å². The third-order valence-electron chi connectivity index (χ3n) is 3.55. The van der Waals surface area contributed by atoms with Crippen molar-refractivity contribution in [1.82, 2.24) is 4.90 Å². The van der Waals surface area contributed by atoms with Crippen molar-refractivity contribution < 1.29 is 19.4 Å². The number of hydrogen-bond acceptors (Lipinski definition) is 2. The number of likely N-dealkylation sites (tertiary alicyclic amines) is 1. The average molecular weight is 253 g/mol. The normalized spacial score (nSPS) is 23.4. The topological polar surface area (TPSA) is 60.8 Å². The zero-order valence-corrected chi connectivity index (χ0v) is 10.1. The van der Waals surface area contributed by atoms with Crippen LogP contribution in [0, 0.1) is 18.7 Å². The van der Waals surface area contributed by atoms with Gasteiger partial charge < -0.3 is 15.1 Å². The van der Waals surface area contributed by atoms with Crippen LogP contribution >= 0.6 is 0 Å². The maximum absolute atomic E-state index is 13.1. The molecule has 1 fully saturated rings. The van der Waals surface area contributed by atoms with Crippen LogP contribution in [0.25, 0.3) is 0 Å². The number of hydrogen-bond donors (Lipinski definition) is 2. The third-order valence-corrected chi connectivity index (χ3v) is 3.55. The van der Waals surface area contributed by atoms with Crippen LogP contribution in [0.4, 0.5) is 9.18 Å². The largest absolute Gasteiger partial charge is 0.465 e. The molecule has 98 valence electrons. The standard InChI is InChI=1S/C13H16FNO3/c1-8-6-10(14)2-3-11(8)12-9(7-16)4-5-15(12)13(17)18/h2-3,6,9,12,16H,4-5,7H2,1H3,(H,17,18). The molecule has 2 unspecified atom stereocenters. The first-order valence-electron chi connectivity index (χ1n) is 5.91. The summed E-state index contributed by atoms with van der Waals surface area (Å²) in [4.78, 5) is 12.5. The second kappa shape index (κ2) is 4.94. The maximum Gasteiger partial charge on any atom is 0.407 e. The molecule has 1 aromatic rings. The number of halogens is 1. The minimum Gasteiger partial charge on any atom is -0.465 e. The molecule has 0 spiro atoms. The van der Waals surface area contributed by atoms with Gasteiger partial charge in [-0.25, -0.2) is 9.18 Å². The molecular weight excluding hydrogens is 237 g/mol. The van der Waals surface area contributed by atoms with E-state index in [4.69, 9.17) is 0 Å². The van der Waals surface area contributed by atoms with Gasteiger partial charge in [0.15, 0.2) is 0 Å². The highest BCUT2D eigenvalue weighted by Gasteiger charge is 2.38. The fourth-order valence-electron chi connectivity index (χ4n) is 2.65. The molecule has 0 aromatic heterocycles. The number of benzene rings is 1. The van der Waals surface area contributed by atoms with Crippen LogP contribution in [0.3, 0.4) is 0 Å². The van der Waals surface area contributed by atoms with E-state index in [9.17, 15) is 19.4 Å². The van der Waals surface area contributed by atoms with E-state index in [2.05, 4.69) is 0 Å². The molecule has 2 rings (SSSR count). The molecule has 1 aromatic carbocycles. The molecule has 1 heterocycles. The average Bonchev–Trinajstić information content (AvgIpc) is 2.72. The number of aryl methyl sites for hydroxylation is 1. The first-order chi connectivity index (χ1) is 8.54. The molecule has 4 nitrogen and oxygen atoms in total. The van der Waals surface area contributed by atoms with Gasteiger partial charge in [-0.3, -0.25) is 0 Å². The Kier molecular flexibility index (Phi) is 3.52. The molecule has 18 heavy (non-hydrogen) atoms. The highest BCUT2D eigenvalue weighted by atomic mass is 19.1. The highest BCUT2D eigenvalue weighted by molar-refractivity contribution is 5.66. The number of carbonyl (C=O) groups is 1. The number of carboxylic acid groups (broad SMARTS) is 1. The number of amides is 1. The van der Waals surface area contributed by atoms with Crippen molar-refractivity contribution in [2.24, 2.45) is 5.92 Å². The summed E-state index contributed by atoms with van der Waals surface area (Å²) in [6.07, 6.45) is -0.371. The lowest BCUT2D eigenvalue weighted by Gasteiger charge is -2.27. The quantitative estimate of drug-likeness (QED) is 0.849. The molecule has 1 aliphatic rings. The SMILES string of the molecule is Cc1cc(F)ccc1C1C(CO)CCN1C(=O)O. The van der Waals surface area contributed by atoms with Crippen LogP contribution in [-0.4, -0.2) is 34.4 Å². The Bertz CT molecular complexity index is 464. The van der Waals surface area contributed by atoms with Gasteiger partial charge in [-0.1, -0.05) is 6.07 Å². The van der Waals surface area contributed by atoms with E-state index in [0.717, 1.165) is 5.56 Å². The minimum atomic E-state index is -1.00. The van der Waals surface area contributed by atoms with Gasteiger partial charge in [-0.15, -0.1) is 0 Å². The predicted molar refractivity (Wildman–Crippen MR) is 63.8 cm³/mol. The first kappa shape index (κ1) is 12.8. The lowest BCUT2D eigenvalue weighted by atomic mass is 9.91. The van der Waals surface area contributed by atoms with Crippen LogP contribution in [-0.2, 0) is 0 Å². The van der Waals surface area contributed by atoms with Crippen LogP contribution in [0.5, 0.6) is 0 Å². The van der Waals surface area contributed by atoms with E-state index in [-0.39, 0.29) is 24.4 Å². The summed E-state index contributed by atoms with van der Waals surface area (Å²) >= 11 is 0. The fourth-order valence-corrected chi connectivity index (χ4v) is 2.65. The first-order valence-corrected chi connectivity index (χ1v) is 5.91. The monoisotopic (exact) mass is 253 g/mol. The van der Waals surface area contributed by atoms with Gasteiger partial charge in [0.25, 0.3) is 0 Å². The maximum atomic E-state index is 13.1. The van der Waals surface area contributed by atoms with E-state index in [1.807, 2.05) is 0 Å². The summed E-state index contributed by atoms with van der Waals surface area (Å²) in [6, 6.07) is 3.95. The summed E-state index contributed by atoms with van der Waals surface area (Å²) in [5.74, 6) is -0.457. The highest BCUT2D eigenvalue weighted by Crippen LogP contribution is 2.38. The molecule has 5 heteroatoms. The Labute approximate surface area is 105 Å². The van der Waals surface area contributed by atoms with E-state index >= 15 is 0 Å². The molecule has 0 radical (unpaired) electrons. The van der Waals surface area contributed by atoms with Gasteiger partial charge in [0.2, 0.25) is 0 Å². The molecular formula is C13H16FNO3. The molecule has 2 atom stereocenters. The van der Waals surface area contributed by atoms with Crippen molar-refractivity contribution >= 4 is 6.09 Å². The van der Waals surface area contributed by atoms with Crippen molar-refractivity contribution in [2.45, 2.75) is 19.4 Å². The Balaban J connectivity index is 2.40. The minimum absolute atomic E-state index is 0.0642. The van der Waals surface area contributed by atoms with E-state index in [0.29, 0.717) is 18.5 Å². The van der Waals surface area contributed by atoms with E-state index in [1.165, 1.54) is 17.0 Å². The Morgan fingerprint density at radius 1 is 1.56 bits per heavy atom. The summed E-state index contributed by atoms with van der Waals surface area (Å²) < 4.78 is 13.1. The second-order valence-electron chi connectivity index (χ2n) is 4.65. The predicted octanol–water partition coefficient (Wildman–Crippen LogP) is 2.17. The number of rotatable bonds is 2. The van der Waals surface area contributed by atoms with Crippen molar-refractivity contribution in [2.75, 3.05) is 13.2 Å². The zero-order chi connectivity index (χ0) is 13.3. The van der Waals surface area contributed by atoms with Crippen molar-refractivity contribution in [3.05, 3.63) is 35.1 Å². The van der Waals surface area contributed by atoms with Crippen molar-refractivity contribution in [1.29, 1.82) is 0 Å². The summed E-state index contributed by atoms with van der Waals surface area (Å²) in [7, 11) is 0. The number of aliphatic hydroxyl groups is 1. The van der Waals surface area contributed by atoms with Crippen molar-refractivity contribution in [3.63, 3.8) is 0 Å². The lowest BCUT2D eigenvalue weighted by Crippen LogP contribution is -2.31. The summed E-state index contributed by atoms with van der Waals surface area (Å²) in [6.45, 7) is 2.10. The molecule has 1 amide bonds. The Morgan fingerprint density at radius 3 is 2.83 bits per heavy atom. The van der Waals surface area contributed by atoms with Crippen LogP contribution in [0.15, 0.2) is 18.2 Å². The molecule has 0 bridgehead atoms. The zero-order valence-electron chi connectivity index (χ0n) is 10.1. The molecule has 0 saturated carbocycles. The number of nitrogens with zero attached hydrogens (tertiary/aromatic N) is 1. The van der Waals surface area contributed by atoms with Gasteiger partial charge >= 0.3 is 6.09 Å². The Hall–Kier alpha value is -1.62. The number of aliphatic hydroxyl groups excluding tert-OH is 1.